The molecule has 4 nitrogen and oxygen atoms in total. The number of nitrogens with two attached hydrogens (primary N) is 1. The summed E-state index contributed by atoms with van der Waals surface area (Å²) in [5.41, 5.74) is 6.08. The third-order valence-electron chi connectivity index (χ3n) is 7.60. The van der Waals surface area contributed by atoms with Gasteiger partial charge in [0.2, 0.25) is 5.91 Å². The zero-order valence-corrected chi connectivity index (χ0v) is 13.6. The minimum atomic E-state index is -0.556. The van der Waals surface area contributed by atoms with E-state index in [-0.39, 0.29) is 16.7 Å². The van der Waals surface area contributed by atoms with Gasteiger partial charge in [0.15, 0.2) is 0 Å². The van der Waals surface area contributed by atoms with E-state index in [1.165, 1.54) is 19.3 Å². The standard InChI is InChI=1S/C18H28N2O2/c1-16-5-11-6-17(8-16,10-18(22,7-11)9-16)14(19)15(21)20-3-2-12-4-13(12)20/h11-14,22H,2-10,19H2,1H3/t11?,12?,13?,14-,16?,17?,18?/m1/s1. The number of carbonyl (C=O) groups is 1. The first kappa shape index (κ1) is 13.8. The van der Waals surface area contributed by atoms with Crippen molar-refractivity contribution in [3.05, 3.63) is 0 Å². The molecule has 22 heavy (non-hydrogen) atoms. The lowest BCUT2D eigenvalue weighted by molar-refractivity contribution is -0.203. The third kappa shape index (κ3) is 1.74. The van der Waals surface area contributed by atoms with Crippen LogP contribution in [0.5, 0.6) is 0 Å². The number of nitrogens with zero attached hydrogens (tertiary/aromatic N) is 1. The molecule has 7 atom stereocenters. The average Bonchev–Trinajstić information content (AvgIpc) is 3.04. The molecule has 1 aliphatic heterocycles. The van der Waals surface area contributed by atoms with E-state index < -0.39 is 11.6 Å². The van der Waals surface area contributed by atoms with Gasteiger partial charge in [-0.1, -0.05) is 6.92 Å². The summed E-state index contributed by atoms with van der Waals surface area (Å²) in [6, 6.07) is 0.0900. The number of likely N-dealkylation sites (tertiary alicyclic amines) is 1. The summed E-state index contributed by atoms with van der Waals surface area (Å²) < 4.78 is 0. The van der Waals surface area contributed by atoms with E-state index in [0.717, 1.165) is 44.6 Å². The average molecular weight is 304 g/mol. The number of piperidine rings is 1. The first-order valence-electron chi connectivity index (χ1n) is 9.10. The zero-order valence-electron chi connectivity index (χ0n) is 13.6. The van der Waals surface area contributed by atoms with Crippen LogP contribution in [0, 0.1) is 22.7 Å². The third-order valence-corrected chi connectivity index (χ3v) is 7.60. The van der Waals surface area contributed by atoms with Crippen LogP contribution in [0.15, 0.2) is 0 Å². The predicted octanol–water partition coefficient (Wildman–Crippen LogP) is 1.66. The molecule has 6 aliphatic rings. The number of carbonyl (C=O) groups excluding carboxylic acids is 1. The topological polar surface area (TPSA) is 66.6 Å². The van der Waals surface area contributed by atoms with Crippen LogP contribution < -0.4 is 5.73 Å². The first-order valence-corrected chi connectivity index (χ1v) is 9.10. The molecule has 4 heteroatoms. The Bertz CT molecular complexity index is 529. The van der Waals surface area contributed by atoms with E-state index in [0.29, 0.717) is 12.0 Å². The maximum absolute atomic E-state index is 13.0. The number of fused-ring (bicyclic) bond motifs is 1. The fraction of sp³-hybridized carbons (Fsp3) is 0.944. The van der Waals surface area contributed by atoms with Crippen LogP contribution in [0.3, 0.4) is 0 Å². The van der Waals surface area contributed by atoms with Crippen molar-refractivity contribution in [1.29, 1.82) is 0 Å². The molecule has 0 aromatic heterocycles. The van der Waals surface area contributed by atoms with Crippen molar-refractivity contribution in [2.45, 2.75) is 76.0 Å². The summed E-state index contributed by atoms with van der Waals surface area (Å²) in [6.07, 6.45) is 8.25. The van der Waals surface area contributed by atoms with Gasteiger partial charge in [0.25, 0.3) is 0 Å². The molecule has 1 amide bonds. The van der Waals surface area contributed by atoms with E-state index in [9.17, 15) is 9.90 Å². The monoisotopic (exact) mass is 304 g/mol. The Labute approximate surface area is 132 Å². The number of hydrogen-bond acceptors (Lipinski definition) is 3. The molecule has 5 saturated carbocycles. The highest BCUT2D eigenvalue weighted by molar-refractivity contribution is 5.84. The molecule has 0 spiro atoms. The quantitative estimate of drug-likeness (QED) is 0.815. The van der Waals surface area contributed by atoms with Gasteiger partial charge in [-0.25, -0.2) is 0 Å². The molecule has 1 saturated heterocycles. The van der Waals surface area contributed by atoms with Gasteiger partial charge < -0.3 is 15.7 Å². The molecule has 122 valence electrons. The highest BCUT2D eigenvalue weighted by Crippen LogP contribution is 2.67. The molecule has 6 fully saturated rings. The molecular weight excluding hydrogens is 276 g/mol. The molecule has 0 radical (unpaired) electrons. The largest absolute Gasteiger partial charge is 0.390 e. The van der Waals surface area contributed by atoms with E-state index >= 15 is 0 Å². The van der Waals surface area contributed by atoms with Crippen LogP contribution in [0.2, 0.25) is 0 Å². The van der Waals surface area contributed by atoms with E-state index in [2.05, 4.69) is 11.8 Å². The fourth-order valence-corrected chi connectivity index (χ4v) is 7.40. The maximum atomic E-state index is 13.0. The van der Waals surface area contributed by atoms with Crippen molar-refractivity contribution in [1.82, 2.24) is 4.90 Å². The Morgan fingerprint density at radius 3 is 2.68 bits per heavy atom. The molecule has 5 aliphatic carbocycles. The van der Waals surface area contributed by atoms with Gasteiger partial charge in [-0.2, -0.15) is 0 Å². The van der Waals surface area contributed by atoms with E-state index in [4.69, 9.17) is 5.73 Å². The highest BCUT2D eigenvalue weighted by atomic mass is 16.3. The smallest absolute Gasteiger partial charge is 0.240 e. The number of aliphatic hydroxyl groups is 1. The van der Waals surface area contributed by atoms with Crippen molar-refractivity contribution in [2.75, 3.05) is 6.54 Å². The lowest BCUT2D eigenvalue weighted by Crippen LogP contribution is -2.66. The van der Waals surface area contributed by atoms with Gasteiger partial charge in [0, 0.05) is 12.6 Å². The van der Waals surface area contributed by atoms with Crippen LogP contribution >= 0.6 is 0 Å². The summed E-state index contributed by atoms with van der Waals surface area (Å²) >= 11 is 0. The summed E-state index contributed by atoms with van der Waals surface area (Å²) in [7, 11) is 0. The number of amides is 1. The van der Waals surface area contributed by atoms with Gasteiger partial charge in [0.05, 0.1) is 11.6 Å². The van der Waals surface area contributed by atoms with Gasteiger partial charge in [-0.15, -0.1) is 0 Å². The van der Waals surface area contributed by atoms with Crippen LogP contribution in [0.4, 0.5) is 0 Å². The molecule has 0 aromatic carbocycles. The summed E-state index contributed by atoms with van der Waals surface area (Å²) in [6.45, 7) is 3.21. The van der Waals surface area contributed by atoms with Crippen LogP contribution in [0.25, 0.3) is 0 Å². The molecule has 4 bridgehead atoms. The number of hydrogen-bond donors (Lipinski definition) is 2. The Morgan fingerprint density at radius 1 is 1.27 bits per heavy atom. The lowest BCUT2D eigenvalue weighted by Gasteiger charge is -2.65. The Kier molecular flexibility index (Phi) is 2.44. The van der Waals surface area contributed by atoms with Crippen LogP contribution in [-0.4, -0.2) is 40.1 Å². The molecule has 3 N–H and O–H groups in total. The lowest BCUT2D eigenvalue weighted by atomic mass is 9.41. The Hall–Kier alpha value is -0.610. The van der Waals surface area contributed by atoms with Crippen molar-refractivity contribution in [2.24, 2.45) is 28.4 Å². The van der Waals surface area contributed by atoms with Gasteiger partial charge in [0.1, 0.15) is 0 Å². The second-order valence-electron chi connectivity index (χ2n) is 9.77. The molecule has 6 rings (SSSR count). The van der Waals surface area contributed by atoms with Gasteiger partial charge in [-0.3, -0.25) is 4.79 Å². The van der Waals surface area contributed by atoms with Crippen molar-refractivity contribution >= 4 is 5.91 Å². The summed E-state index contributed by atoms with van der Waals surface area (Å²) in [5, 5.41) is 11.0. The molecule has 6 unspecified atom stereocenters. The molecule has 0 aromatic rings. The first-order chi connectivity index (χ1) is 10.3. The van der Waals surface area contributed by atoms with Gasteiger partial charge >= 0.3 is 0 Å². The second kappa shape index (κ2) is 3.89. The van der Waals surface area contributed by atoms with Crippen molar-refractivity contribution in [3.63, 3.8) is 0 Å². The van der Waals surface area contributed by atoms with Crippen LogP contribution in [-0.2, 0) is 4.79 Å². The Morgan fingerprint density at radius 2 is 2.09 bits per heavy atom. The second-order valence-corrected chi connectivity index (χ2v) is 9.77. The zero-order chi connectivity index (χ0) is 15.3. The number of rotatable bonds is 2. The summed E-state index contributed by atoms with van der Waals surface area (Å²) in [5.74, 6) is 1.51. The summed E-state index contributed by atoms with van der Waals surface area (Å²) in [4.78, 5) is 15.1. The Balaban J connectivity index is 1.45. The highest BCUT2D eigenvalue weighted by Gasteiger charge is 2.64. The SMILES string of the molecule is CC12CC3CC(O)(C1)CC([C@H](N)C(=O)N1CCC4CC41)(C3)C2. The minimum absolute atomic E-state index is 0.146. The normalized spacial score (nSPS) is 56.1. The molecular formula is C18H28N2O2. The van der Waals surface area contributed by atoms with Crippen molar-refractivity contribution < 1.29 is 9.90 Å². The fourth-order valence-electron chi connectivity index (χ4n) is 7.40. The van der Waals surface area contributed by atoms with Crippen molar-refractivity contribution in [3.8, 4) is 0 Å². The van der Waals surface area contributed by atoms with E-state index in [1.54, 1.807) is 0 Å². The maximum Gasteiger partial charge on any atom is 0.240 e. The van der Waals surface area contributed by atoms with E-state index in [1.807, 2.05) is 0 Å². The predicted molar refractivity (Wildman–Crippen MR) is 82.9 cm³/mol. The van der Waals surface area contributed by atoms with Crippen LogP contribution in [0.1, 0.15) is 58.3 Å². The minimum Gasteiger partial charge on any atom is -0.390 e. The molecule has 1 heterocycles. The van der Waals surface area contributed by atoms with Gasteiger partial charge in [-0.05, 0) is 74.0 Å².